The molecule has 0 bridgehead atoms. The molecule has 0 amide bonds. The summed E-state index contributed by atoms with van der Waals surface area (Å²) in [6.45, 7) is 31.9. The zero-order chi connectivity index (χ0) is 25.7. The van der Waals surface area contributed by atoms with Gasteiger partial charge in [-0.15, -0.1) is 0 Å². The lowest BCUT2D eigenvalue weighted by atomic mass is 9.74. The van der Waals surface area contributed by atoms with Crippen LogP contribution in [0, 0.1) is 27.6 Å². The third kappa shape index (κ3) is 14.2. The van der Waals surface area contributed by atoms with Gasteiger partial charge in [-0.2, -0.15) is 0 Å². The second-order valence-corrected chi connectivity index (χ2v) is 15.5. The minimum Gasteiger partial charge on any atom is -0.326 e. The molecule has 192 valence electrons. The van der Waals surface area contributed by atoms with Gasteiger partial charge >= 0.3 is 0 Å². The van der Waals surface area contributed by atoms with Gasteiger partial charge in [0.05, 0.1) is 0 Å². The molecule has 33 heavy (non-hydrogen) atoms. The van der Waals surface area contributed by atoms with Gasteiger partial charge in [-0.05, 0) is 72.7 Å². The van der Waals surface area contributed by atoms with E-state index in [0.29, 0.717) is 11.3 Å². The molecule has 0 fully saturated rings. The molecule has 2 heteroatoms. The number of nitrogens with two attached hydrogens (primary N) is 1. The Morgan fingerprint density at radius 2 is 1.15 bits per heavy atom. The summed E-state index contributed by atoms with van der Waals surface area (Å²) in [5.41, 5.74) is 8.83. The van der Waals surface area contributed by atoms with Crippen LogP contribution in [-0.2, 0) is 6.42 Å². The highest BCUT2D eigenvalue weighted by molar-refractivity contribution is 5.15. The smallest absolute Gasteiger partial charge is 0.0103 e. The summed E-state index contributed by atoms with van der Waals surface area (Å²) in [5, 5.41) is 0. The molecule has 0 heterocycles. The predicted octanol–water partition coefficient (Wildman–Crippen LogP) is 8.20. The van der Waals surface area contributed by atoms with Gasteiger partial charge in [0.15, 0.2) is 0 Å². The first kappa shape index (κ1) is 30.2. The van der Waals surface area contributed by atoms with Crippen LogP contribution in [-0.4, -0.2) is 30.1 Å². The quantitative estimate of drug-likeness (QED) is 0.323. The maximum Gasteiger partial charge on any atom is 0.0103 e. The first-order valence-electron chi connectivity index (χ1n) is 13.2. The van der Waals surface area contributed by atoms with Crippen molar-refractivity contribution < 1.29 is 0 Å². The second kappa shape index (κ2) is 11.3. The van der Waals surface area contributed by atoms with Gasteiger partial charge in [-0.1, -0.05) is 99.6 Å². The molecule has 2 N–H and O–H groups in total. The fourth-order valence-corrected chi connectivity index (χ4v) is 6.86. The number of benzene rings is 1. The van der Waals surface area contributed by atoms with Crippen molar-refractivity contribution in [3.05, 3.63) is 35.9 Å². The van der Waals surface area contributed by atoms with E-state index in [1.54, 1.807) is 0 Å². The molecule has 0 aliphatic heterocycles. The zero-order valence-electron chi connectivity index (χ0n) is 24.4. The molecule has 0 aliphatic carbocycles. The number of hydrogen-bond donors (Lipinski definition) is 1. The molecule has 0 saturated carbocycles. The van der Waals surface area contributed by atoms with Gasteiger partial charge in [0.2, 0.25) is 0 Å². The second-order valence-electron chi connectivity index (χ2n) is 15.5. The van der Waals surface area contributed by atoms with E-state index in [1.807, 2.05) is 0 Å². The van der Waals surface area contributed by atoms with Gasteiger partial charge in [0, 0.05) is 25.2 Å². The third-order valence-corrected chi connectivity index (χ3v) is 6.23. The normalized spacial score (nSPS) is 15.2. The number of nitrogens with zero attached hydrogens (tertiary/aromatic N) is 1. The van der Waals surface area contributed by atoms with Crippen LogP contribution in [0.25, 0.3) is 0 Å². The standard InChI is InChI=1S/C31H58N2/c1-25(18-26-16-14-13-15-17-26)19-28(5,6)22-33(23-29(7,8)20-27(2,3)4)24-30(9,10)21-31(11,12)32/h13-17,25H,18-24,32H2,1-12H3. The molecule has 1 aromatic carbocycles. The van der Waals surface area contributed by atoms with Crippen molar-refractivity contribution in [2.24, 2.45) is 33.3 Å². The van der Waals surface area contributed by atoms with Gasteiger partial charge < -0.3 is 10.6 Å². The summed E-state index contributed by atoms with van der Waals surface area (Å²) < 4.78 is 0. The van der Waals surface area contributed by atoms with E-state index in [9.17, 15) is 0 Å². The Labute approximate surface area is 208 Å². The topological polar surface area (TPSA) is 29.3 Å². The summed E-state index contributed by atoms with van der Waals surface area (Å²) >= 11 is 0. The fraction of sp³-hybridized carbons (Fsp3) is 0.806. The first-order chi connectivity index (χ1) is 14.7. The minimum absolute atomic E-state index is 0.143. The lowest BCUT2D eigenvalue weighted by Crippen LogP contribution is -2.48. The number of rotatable bonds is 13. The molecule has 2 nitrogen and oxygen atoms in total. The Kier molecular flexibility index (Phi) is 10.3. The Hall–Kier alpha value is -0.860. The first-order valence-corrected chi connectivity index (χ1v) is 13.2. The van der Waals surface area contributed by atoms with Crippen molar-refractivity contribution in [2.75, 3.05) is 19.6 Å². The largest absolute Gasteiger partial charge is 0.326 e. The van der Waals surface area contributed by atoms with Gasteiger partial charge in [-0.3, -0.25) is 0 Å². The maximum absolute atomic E-state index is 6.46. The average molecular weight is 459 g/mol. The SMILES string of the molecule is CC(Cc1ccccc1)CC(C)(C)CN(CC(C)(C)CC(C)(C)C)CC(C)(C)CC(C)(C)N. The Morgan fingerprint density at radius 1 is 0.697 bits per heavy atom. The molecule has 0 aliphatic rings. The molecule has 0 aromatic heterocycles. The van der Waals surface area contributed by atoms with Crippen LogP contribution in [0.1, 0.15) is 108 Å². The van der Waals surface area contributed by atoms with Crippen LogP contribution in [0.4, 0.5) is 0 Å². The zero-order valence-corrected chi connectivity index (χ0v) is 24.4. The highest BCUT2D eigenvalue weighted by Gasteiger charge is 2.35. The van der Waals surface area contributed by atoms with Crippen molar-refractivity contribution in [2.45, 2.75) is 114 Å². The van der Waals surface area contributed by atoms with Crippen LogP contribution >= 0.6 is 0 Å². The lowest BCUT2D eigenvalue weighted by molar-refractivity contribution is 0.0531. The van der Waals surface area contributed by atoms with Crippen LogP contribution in [0.15, 0.2) is 30.3 Å². The minimum atomic E-state index is -0.143. The van der Waals surface area contributed by atoms with E-state index in [0.717, 1.165) is 32.5 Å². The van der Waals surface area contributed by atoms with Crippen molar-refractivity contribution in [1.82, 2.24) is 4.90 Å². The van der Waals surface area contributed by atoms with Crippen molar-refractivity contribution >= 4 is 0 Å². The molecular formula is C31H58N2. The van der Waals surface area contributed by atoms with Crippen LogP contribution < -0.4 is 5.73 Å². The summed E-state index contributed by atoms with van der Waals surface area (Å²) in [5.74, 6) is 0.669. The molecule has 1 atom stereocenters. The molecular weight excluding hydrogens is 400 g/mol. The molecule has 0 spiro atoms. The molecule has 1 unspecified atom stereocenters. The predicted molar refractivity (Wildman–Crippen MR) is 149 cm³/mol. The molecule has 1 aromatic rings. The van der Waals surface area contributed by atoms with Crippen molar-refractivity contribution in [1.29, 1.82) is 0 Å². The maximum atomic E-state index is 6.46. The summed E-state index contributed by atoms with van der Waals surface area (Å²) in [6, 6.07) is 11.0. The number of hydrogen-bond acceptors (Lipinski definition) is 2. The molecule has 0 radical (unpaired) electrons. The Bertz CT molecular complexity index is 656. The monoisotopic (exact) mass is 458 g/mol. The van der Waals surface area contributed by atoms with Gasteiger partial charge in [0.1, 0.15) is 0 Å². The summed E-state index contributed by atoms with van der Waals surface area (Å²) in [6.07, 6.45) is 4.65. The fourth-order valence-electron chi connectivity index (χ4n) is 6.86. The van der Waals surface area contributed by atoms with E-state index < -0.39 is 0 Å². The van der Waals surface area contributed by atoms with E-state index in [-0.39, 0.29) is 21.8 Å². The van der Waals surface area contributed by atoms with Crippen molar-refractivity contribution in [3.63, 3.8) is 0 Å². The molecule has 1 rings (SSSR count). The van der Waals surface area contributed by atoms with Crippen LogP contribution in [0.3, 0.4) is 0 Å². The van der Waals surface area contributed by atoms with Crippen LogP contribution in [0.5, 0.6) is 0 Å². The van der Waals surface area contributed by atoms with E-state index >= 15 is 0 Å². The highest BCUT2D eigenvalue weighted by atomic mass is 15.1. The Morgan fingerprint density at radius 3 is 1.61 bits per heavy atom. The van der Waals surface area contributed by atoms with E-state index in [1.165, 1.54) is 18.4 Å². The Balaban J connectivity index is 2.98. The molecule has 0 saturated heterocycles. The van der Waals surface area contributed by atoms with Gasteiger partial charge in [0.25, 0.3) is 0 Å². The summed E-state index contributed by atoms with van der Waals surface area (Å²) in [7, 11) is 0. The van der Waals surface area contributed by atoms with Crippen LogP contribution in [0.2, 0.25) is 0 Å². The average Bonchev–Trinajstić information content (AvgIpc) is 2.48. The lowest BCUT2D eigenvalue weighted by Gasteiger charge is -2.44. The van der Waals surface area contributed by atoms with Gasteiger partial charge in [-0.25, -0.2) is 0 Å². The van der Waals surface area contributed by atoms with E-state index in [2.05, 4.69) is 118 Å². The highest BCUT2D eigenvalue weighted by Crippen LogP contribution is 2.37. The van der Waals surface area contributed by atoms with Crippen molar-refractivity contribution in [3.8, 4) is 0 Å². The van der Waals surface area contributed by atoms with E-state index in [4.69, 9.17) is 5.73 Å². The summed E-state index contributed by atoms with van der Waals surface area (Å²) in [4.78, 5) is 2.77. The third-order valence-electron chi connectivity index (χ3n) is 6.23.